The van der Waals surface area contributed by atoms with Gasteiger partial charge in [0.2, 0.25) is 0 Å². The number of allylic oxidation sites excluding steroid dienone is 4. The zero-order valence-electron chi connectivity index (χ0n) is 18.7. The highest BCUT2D eigenvalue weighted by atomic mass is 16.5. The number of aromatic hydroxyl groups is 3. The molecule has 0 bridgehead atoms. The summed E-state index contributed by atoms with van der Waals surface area (Å²) in [5.41, 5.74) is 4.93. The fourth-order valence-electron chi connectivity index (χ4n) is 3.82. The van der Waals surface area contributed by atoms with Crippen LogP contribution in [0.15, 0.2) is 41.5 Å². The molecule has 0 aromatic heterocycles. The summed E-state index contributed by atoms with van der Waals surface area (Å²) in [5.74, 6) is -1.20. The first-order valence-electron chi connectivity index (χ1n) is 10.4. The number of fused-ring (bicyclic) bond motifs is 1. The molecule has 2 aromatic rings. The van der Waals surface area contributed by atoms with E-state index in [-0.39, 0.29) is 41.0 Å². The molecule has 0 aliphatic carbocycles. The van der Waals surface area contributed by atoms with Crippen LogP contribution in [-0.2, 0) is 12.8 Å². The summed E-state index contributed by atoms with van der Waals surface area (Å²) in [7, 11) is 0. The van der Waals surface area contributed by atoms with E-state index in [2.05, 4.69) is 0 Å². The normalized spacial score (nSPS) is 15.1. The highest BCUT2D eigenvalue weighted by Gasteiger charge is 2.36. The molecule has 3 N–H and O–H groups in total. The minimum Gasteiger partial charge on any atom is -0.507 e. The van der Waals surface area contributed by atoms with Crippen LogP contribution in [0.5, 0.6) is 23.0 Å². The third-order valence-corrected chi connectivity index (χ3v) is 5.65. The Kier molecular flexibility index (Phi) is 6.44. The predicted octanol–water partition coefficient (Wildman–Crippen LogP) is 5.49. The Balaban J connectivity index is 2.06. The number of phenols is 3. The van der Waals surface area contributed by atoms with Gasteiger partial charge in [-0.1, -0.05) is 35.4 Å². The Morgan fingerprint density at radius 3 is 2.23 bits per heavy atom. The number of benzene rings is 2. The van der Waals surface area contributed by atoms with Gasteiger partial charge in [-0.3, -0.25) is 4.79 Å². The standard InChI is InChI=1S/C26H30O5/c1-14(2)6-9-17-16(5)8-11-18(24(17)29)20-13-31-26-19(10-7-15(3)4)21(27)12-22(28)23(26)25(20)30/h6-8,11-12,20,27-29H,9-10,13H2,1-5H3. The van der Waals surface area contributed by atoms with Crippen molar-refractivity contribution in [1.29, 1.82) is 0 Å². The Bertz CT molecular complexity index is 1080. The molecule has 164 valence electrons. The lowest BCUT2D eigenvalue weighted by atomic mass is 9.84. The van der Waals surface area contributed by atoms with Gasteiger partial charge in [-0.2, -0.15) is 0 Å². The molecule has 1 atom stereocenters. The molecule has 0 radical (unpaired) electrons. The van der Waals surface area contributed by atoms with Crippen molar-refractivity contribution in [3.63, 3.8) is 0 Å². The van der Waals surface area contributed by atoms with E-state index in [0.29, 0.717) is 24.0 Å². The van der Waals surface area contributed by atoms with Crippen LogP contribution in [0.25, 0.3) is 0 Å². The second-order valence-corrected chi connectivity index (χ2v) is 8.60. The van der Waals surface area contributed by atoms with E-state index in [1.165, 1.54) is 6.07 Å². The monoisotopic (exact) mass is 422 g/mol. The molecule has 0 fully saturated rings. The lowest BCUT2D eigenvalue weighted by molar-refractivity contribution is 0.0888. The zero-order chi connectivity index (χ0) is 22.9. The summed E-state index contributed by atoms with van der Waals surface area (Å²) >= 11 is 0. The third kappa shape index (κ3) is 4.46. The molecule has 31 heavy (non-hydrogen) atoms. The van der Waals surface area contributed by atoms with Gasteiger partial charge in [-0.25, -0.2) is 0 Å². The number of aryl methyl sites for hydroxylation is 1. The van der Waals surface area contributed by atoms with Crippen molar-refractivity contribution >= 4 is 5.78 Å². The lowest BCUT2D eigenvalue weighted by Crippen LogP contribution is -2.27. The highest BCUT2D eigenvalue weighted by Crippen LogP contribution is 2.46. The number of Topliss-reactive ketones (excluding diaryl/α,β-unsaturated/α-hetero) is 1. The van der Waals surface area contributed by atoms with E-state index >= 15 is 0 Å². The van der Waals surface area contributed by atoms with Gasteiger partial charge < -0.3 is 20.1 Å². The Morgan fingerprint density at radius 1 is 1.00 bits per heavy atom. The number of ketones is 1. The molecule has 3 rings (SSSR count). The average molecular weight is 423 g/mol. The predicted molar refractivity (Wildman–Crippen MR) is 121 cm³/mol. The summed E-state index contributed by atoms with van der Waals surface area (Å²) in [4.78, 5) is 13.4. The van der Waals surface area contributed by atoms with Crippen LogP contribution in [0.4, 0.5) is 0 Å². The van der Waals surface area contributed by atoms with Gasteiger partial charge in [-0.15, -0.1) is 0 Å². The van der Waals surface area contributed by atoms with Gasteiger partial charge in [0.25, 0.3) is 0 Å². The molecule has 0 saturated carbocycles. The molecule has 1 aliphatic heterocycles. The van der Waals surface area contributed by atoms with Gasteiger partial charge in [-0.05, 0) is 53.0 Å². The third-order valence-electron chi connectivity index (χ3n) is 5.65. The van der Waals surface area contributed by atoms with Crippen molar-refractivity contribution in [1.82, 2.24) is 0 Å². The highest BCUT2D eigenvalue weighted by molar-refractivity contribution is 6.07. The van der Waals surface area contributed by atoms with Gasteiger partial charge in [0.1, 0.15) is 35.2 Å². The number of ether oxygens (including phenoxy) is 1. The second kappa shape index (κ2) is 8.88. The van der Waals surface area contributed by atoms with Crippen LogP contribution in [0.3, 0.4) is 0 Å². The summed E-state index contributed by atoms with van der Waals surface area (Å²) in [6.07, 6.45) is 4.91. The maximum absolute atomic E-state index is 13.4. The number of carbonyl (C=O) groups excluding carboxylic acids is 1. The van der Waals surface area contributed by atoms with Gasteiger partial charge in [0.15, 0.2) is 5.78 Å². The zero-order valence-corrected chi connectivity index (χ0v) is 18.7. The van der Waals surface area contributed by atoms with Crippen LogP contribution in [0.2, 0.25) is 0 Å². The summed E-state index contributed by atoms with van der Waals surface area (Å²) in [6, 6.07) is 4.82. The molecule has 1 unspecified atom stereocenters. The first kappa shape index (κ1) is 22.5. The molecule has 1 heterocycles. The number of hydrogen-bond acceptors (Lipinski definition) is 5. The number of carbonyl (C=O) groups is 1. The van der Waals surface area contributed by atoms with Crippen molar-refractivity contribution in [2.75, 3.05) is 6.61 Å². The molecule has 2 aromatic carbocycles. The van der Waals surface area contributed by atoms with Crippen LogP contribution in [-0.4, -0.2) is 27.7 Å². The van der Waals surface area contributed by atoms with E-state index in [0.717, 1.165) is 22.3 Å². The minimum absolute atomic E-state index is 0.0231. The van der Waals surface area contributed by atoms with Gasteiger partial charge in [0.05, 0.1) is 5.92 Å². The largest absolute Gasteiger partial charge is 0.507 e. The fourth-order valence-corrected chi connectivity index (χ4v) is 3.82. The molecular formula is C26H30O5. The van der Waals surface area contributed by atoms with Crippen LogP contribution < -0.4 is 4.74 Å². The first-order valence-corrected chi connectivity index (χ1v) is 10.4. The second-order valence-electron chi connectivity index (χ2n) is 8.60. The number of phenolic OH excluding ortho intramolecular Hbond substituents is 3. The maximum Gasteiger partial charge on any atom is 0.181 e. The van der Waals surface area contributed by atoms with E-state index < -0.39 is 5.92 Å². The summed E-state index contributed by atoms with van der Waals surface area (Å²) in [6.45, 7) is 9.83. The molecule has 0 amide bonds. The number of hydrogen-bond donors (Lipinski definition) is 3. The van der Waals surface area contributed by atoms with Crippen molar-refractivity contribution in [3.8, 4) is 23.0 Å². The summed E-state index contributed by atoms with van der Waals surface area (Å²) < 4.78 is 5.92. The SMILES string of the molecule is CC(C)=CCc1c(C)ccc(C2COc3c(CC=C(C)C)c(O)cc(O)c3C2=O)c1O. The molecule has 0 saturated heterocycles. The van der Waals surface area contributed by atoms with Crippen molar-refractivity contribution in [2.24, 2.45) is 0 Å². The summed E-state index contributed by atoms with van der Waals surface area (Å²) in [5, 5.41) is 31.7. The van der Waals surface area contributed by atoms with Crippen molar-refractivity contribution in [3.05, 3.63) is 69.3 Å². The van der Waals surface area contributed by atoms with E-state index in [1.807, 2.05) is 52.8 Å². The minimum atomic E-state index is -0.745. The number of rotatable bonds is 5. The van der Waals surface area contributed by atoms with Crippen LogP contribution >= 0.6 is 0 Å². The first-order chi connectivity index (χ1) is 14.6. The quantitative estimate of drug-likeness (QED) is 0.555. The average Bonchev–Trinajstić information content (AvgIpc) is 2.67. The topological polar surface area (TPSA) is 87.0 Å². The van der Waals surface area contributed by atoms with Crippen molar-refractivity contribution in [2.45, 2.75) is 53.4 Å². The maximum atomic E-state index is 13.4. The molecule has 5 nitrogen and oxygen atoms in total. The lowest BCUT2D eigenvalue weighted by Gasteiger charge is -2.28. The van der Waals surface area contributed by atoms with Crippen molar-refractivity contribution < 1.29 is 24.9 Å². The molecular weight excluding hydrogens is 392 g/mol. The Morgan fingerprint density at radius 2 is 1.61 bits per heavy atom. The van der Waals surface area contributed by atoms with E-state index in [1.54, 1.807) is 6.07 Å². The van der Waals surface area contributed by atoms with Gasteiger partial charge in [0, 0.05) is 22.8 Å². The molecule has 0 spiro atoms. The van der Waals surface area contributed by atoms with Crippen LogP contribution in [0, 0.1) is 6.92 Å². The van der Waals surface area contributed by atoms with Gasteiger partial charge >= 0.3 is 0 Å². The van der Waals surface area contributed by atoms with Crippen LogP contribution in [0.1, 0.15) is 66.2 Å². The smallest absolute Gasteiger partial charge is 0.181 e. The molecule has 1 aliphatic rings. The Labute approximate surface area is 183 Å². The Hall–Kier alpha value is -3.21. The molecule has 5 heteroatoms. The van der Waals surface area contributed by atoms with E-state index in [4.69, 9.17) is 4.74 Å². The fraction of sp³-hybridized carbons (Fsp3) is 0.346. The van der Waals surface area contributed by atoms with E-state index in [9.17, 15) is 20.1 Å².